The number of H-pyrrole nitrogens is 1. The van der Waals surface area contributed by atoms with Crippen LogP contribution < -0.4 is 10.1 Å². The van der Waals surface area contributed by atoms with E-state index in [0.29, 0.717) is 22.7 Å². The van der Waals surface area contributed by atoms with Crippen LogP contribution in [0, 0.1) is 0 Å². The van der Waals surface area contributed by atoms with Crippen LogP contribution in [0.2, 0.25) is 0 Å². The first-order valence-corrected chi connectivity index (χ1v) is 6.18. The first kappa shape index (κ1) is 12.9. The lowest BCUT2D eigenvalue weighted by Crippen LogP contribution is -2.11. The summed E-state index contributed by atoms with van der Waals surface area (Å²) in [6.45, 7) is 0. The Hall–Kier alpha value is -3.09. The SMILES string of the molecule is COC(=O)Nc1nc2cc(Oc3ccccc3)cnc2[nH]1. The molecular weight excluding hydrogens is 272 g/mol. The average Bonchev–Trinajstić information content (AvgIpc) is 2.89. The van der Waals surface area contributed by atoms with Gasteiger partial charge >= 0.3 is 6.09 Å². The normalized spacial score (nSPS) is 10.3. The number of anilines is 1. The van der Waals surface area contributed by atoms with E-state index in [2.05, 4.69) is 25.0 Å². The number of hydrogen-bond donors (Lipinski definition) is 2. The summed E-state index contributed by atoms with van der Waals surface area (Å²) in [5, 5.41) is 2.44. The second kappa shape index (κ2) is 5.49. The van der Waals surface area contributed by atoms with Gasteiger partial charge in [-0.3, -0.25) is 5.32 Å². The van der Waals surface area contributed by atoms with Gasteiger partial charge < -0.3 is 14.5 Å². The summed E-state index contributed by atoms with van der Waals surface area (Å²) in [6, 6.07) is 11.1. The van der Waals surface area contributed by atoms with Crippen molar-refractivity contribution in [3.63, 3.8) is 0 Å². The smallest absolute Gasteiger partial charge is 0.413 e. The summed E-state index contributed by atoms with van der Waals surface area (Å²) >= 11 is 0. The lowest BCUT2D eigenvalue weighted by molar-refractivity contribution is 0.186. The highest BCUT2D eigenvalue weighted by Crippen LogP contribution is 2.23. The maximum Gasteiger partial charge on any atom is 0.413 e. The van der Waals surface area contributed by atoms with Crippen molar-refractivity contribution in [3.8, 4) is 11.5 Å². The number of methoxy groups -OCH3 is 1. The van der Waals surface area contributed by atoms with E-state index in [-0.39, 0.29) is 5.95 Å². The molecule has 1 aromatic carbocycles. The van der Waals surface area contributed by atoms with E-state index in [9.17, 15) is 4.79 Å². The number of ether oxygens (including phenoxy) is 2. The molecule has 1 amide bonds. The third-order valence-corrected chi connectivity index (χ3v) is 2.70. The molecule has 21 heavy (non-hydrogen) atoms. The van der Waals surface area contributed by atoms with E-state index in [4.69, 9.17) is 4.74 Å². The Bertz CT molecular complexity index is 770. The van der Waals surface area contributed by atoms with Crippen LogP contribution in [0.5, 0.6) is 11.5 Å². The number of imidazole rings is 1. The molecule has 3 aromatic rings. The number of carbonyl (C=O) groups is 1. The maximum absolute atomic E-state index is 11.1. The van der Waals surface area contributed by atoms with Crippen molar-refractivity contribution in [2.24, 2.45) is 0 Å². The Morgan fingerprint density at radius 3 is 2.81 bits per heavy atom. The molecule has 0 atom stereocenters. The fraction of sp³-hybridized carbons (Fsp3) is 0.0714. The van der Waals surface area contributed by atoms with Gasteiger partial charge in [-0.2, -0.15) is 0 Å². The average molecular weight is 284 g/mol. The van der Waals surface area contributed by atoms with Crippen molar-refractivity contribution in [3.05, 3.63) is 42.6 Å². The zero-order chi connectivity index (χ0) is 14.7. The third kappa shape index (κ3) is 2.92. The lowest BCUT2D eigenvalue weighted by atomic mass is 10.3. The second-order valence-electron chi connectivity index (χ2n) is 4.16. The van der Waals surface area contributed by atoms with Crippen molar-refractivity contribution in [2.45, 2.75) is 0 Å². The number of nitrogens with one attached hydrogen (secondary N) is 2. The number of benzene rings is 1. The van der Waals surface area contributed by atoms with Crippen LogP contribution >= 0.6 is 0 Å². The van der Waals surface area contributed by atoms with Crippen LogP contribution in [-0.2, 0) is 4.74 Å². The molecule has 0 aliphatic carbocycles. The number of fused-ring (bicyclic) bond motifs is 1. The number of nitrogens with zero attached hydrogens (tertiary/aromatic N) is 2. The van der Waals surface area contributed by atoms with Gasteiger partial charge in [-0.05, 0) is 12.1 Å². The van der Waals surface area contributed by atoms with Gasteiger partial charge in [-0.15, -0.1) is 0 Å². The fourth-order valence-corrected chi connectivity index (χ4v) is 1.76. The predicted molar refractivity (Wildman–Crippen MR) is 76.4 cm³/mol. The van der Waals surface area contributed by atoms with E-state index in [1.807, 2.05) is 30.3 Å². The largest absolute Gasteiger partial charge is 0.456 e. The molecule has 0 saturated carbocycles. The van der Waals surface area contributed by atoms with Gasteiger partial charge in [0.15, 0.2) is 5.65 Å². The van der Waals surface area contributed by atoms with E-state index in [1.54, 1.807) is 12.3 Å². The van der Waals surface area contributed by atoms with E-state index in [1.165, 1.54) is 7.11 Å². The molecular formula is C14H12N4O3. The number of para-hydroxylation sites is 1. The first-order chi connectivity index (χ1) is 10.2. The van der Waals surface area contributed by atoms with Gasteiger partial charge in [-0.25, -0.2) is 14.8 Å². The molecule has 7 heteroatoms. The molecule has 0 bridgehead atoms. The molecule has 2 N–H and O–H groups in total. The molecule has 0 spiro atoms. The molecule has 0 unspecified atom stereocenters. The molecule has 0 saturated heterocycles. The van der Waals surface area contributed by atoms with Crippen LogP contribution in [0.25, 0.3) is 11.2 Å². The summed E-state index contributed by atoms with van der Waals surface area (Å²) in [5.41, 5.74) is 1.12. The van der Waals surface area contributed by atoms with E-state index >= 15 is 0 Å². The van der Waals surface area contributed by atoms with Crippen molar-refractivity contribution >= 4 is 23.2 Å². The topological polar surface area (TPSA) is 89.1 Å². The van der Waals surface area contributed by atoms with Crippen LogP contribution in [0.3, 0.4) is 0 Å². The monoisotopic (exact) mass is 284 g/mol. The van der Waals surface area contributed by atoms with Gasteiger partial charge in [0.1, 0.15) is 17.0 Å². The highest BCUT2D eigenvalue weighted by atomic mass is 16.5. The van der Waals surface area contributed by atoms with Gasteiger partial charge in [0.25, 0.3) is 0 Å². The standard InChI is InChI=1S/C14H12N4O3/c1-20-14(19)18-13-16-11-7-10(8-15-12(11)17-13)21-9-5-3-2-4-6-9/h2-8H,1H3,(H2,15,16,17,18,19). The summed E-state index contributed by atoms with van der Waals surface area (Å²) in [4.78, 5) is 22.4. The summed E-state index contributed by atoms with van der Waals surface area (Å²) in [7, 11) is 1.28. The zero-order valence-electron chi connectivity index (χ0n) is 11.2. The van der Waals surface area contributed by atoms with Crippen LogP contribution in [-0.4, -0.2) is 28.2 Å². The Morgan fingerprint density at radius 2 is 2.05 bits per heavy atom. The predicted octanol–water partition coefficient (Wildman–Crippen LogP) is 2.93. The fourth-order valence-electron chi connectivity index (χ4n) is 1.76. The van der Waals surface area contributed by atoms with Gasteiger partial charge in [0.2, 0.25) is 5.95 Å². The molecule has 2 aromatic heterocycles. The Morgan fingerprint density at radius 1 is 1.24 bits per heavy atom. The number of carbonyl (C=O) groups excluding carboxylic acids is 1. The Labute approximate surface area is 119 Å². The van der Waals surface area contributed by atoms with Gasteiger partial charge in [-0.1, -0.05) is 18.2 Å². The van der Waals surface area contributed by atoms with Crippen LogP contribution in [0.1, 0.15) is 0 Å². The van der Waals surface area contributed by atoms with Crippen molar-refractivity contribution in [1.29, 1.82) is 0 Å². The minimum atomic E-state index is -0.602. The second-order valence-corrected chi connectivity index (χ2v) is 4.16. The van der Waals surface area contributed by atoms with Gasteiger partial charge in [0, 0.05) is 6.07 Å². The molecule has 0 fully saturated rings. The van der Waals surface area contributed by atoms with Gasteiger partial charge in [0.05, 0.1) is 13.3 Å². The summed E-state index contributed by atoms with van der Waals surface area (Å²) < 4.78 is 10.2. The van der Waals surface area contributed by atoms with E-state index in [0.717, 1.165) is 0 Å². The van der Waals surface area contributed by atoms with E-state index < -0.39 is 6.09 Å². The Balaban J connectivity index is 1.84. The highest BCUT2D eigenvalue weighted by Gasteiger charge is 2.08. The molecule has 3 rings (SSSR count). The molecule has 0 radical (unpaired) electrons. The first-order valence-electron chi connectivity index (χ1n) is 6.18. The quantitative estimate of drug-likeness (QED) is 0.771. The molecule has 7 nitrogen and oxygen atoms in total. The number of amides is 1. The van der Waals surface area contributed by atoms with Crippen molar-refractivity contribution in [2.75, 3.05) is 12.4 Å². The summed E-state index contributed by atoms with van der Waals surface area (Å²) in [5.74, 6) is 1.54. The minimum absolute atomic E-state index is 0.265. The molecule has 106 valence electrons. The van der Waals surface area contributed by atoms with Crippen molar-refractivity contribution in [1.82, 2.24) is 15.0 Å². The number of rotatable bonds is 3. The van der Waals surface area contributed by atoms with Crippen LogP contribution in [0.4, 0.5) is 10.7 Å². The highest BCUT2D eigenvalue weighted by molar-refractivity contribution is 5.85. The van der Waals surface area contributed by atoms with Crippen molar-refractivity contribution < 1.29 is 14.3 Å². The maximum atomic E-state index is 11.1. The van der Waals surface area contributed by atoms with Crippen LogP contribution in [0.15, 0.2) is 42.6 Å². The lowest BCUT2D eigenvalue weighted by Gasteiger charge is -2.03. The number of aromatic nitrogens is 3. The summed E-state index contributed by atoms with van der Waals surface area (Å²) in [6.07, 6.45) is 0.977. The number of pyridine rings is 1. The minimum Gasteiger partial charge on any atom is -0.456 e. The molecule has 0 aliphatic rings. The number of hydrogen-bond acceptors (Lipinski definition) is 5. The molecule has 0 aliphatic heterocycles. The zero-order valence-corrected chi connectivity index (χ0v) is 11.2. The molecule has 2 heterocycles. The Kier molecular flexibility index (Phi) is 3.38. The third-order valence-electron chi connectivity index (χ3n) is 2.70. The number of aromatic amines is 1.